The van der Waals surface area contributed by atoms with Gasteiger partial charge in [-0.3, -0.25) is 0 Å². The van der Waals surface area contributed by atoms with Gasteiger partial charge in [0.1, 0.15) is 10.7 Å². The van der Waals surface area contributed by atoms with Crippen LogP contribution in [0.4, 0.5) is 5.82 Å². The van der Waals surface area contributed by atoms with Crippen molar-refractivity contribution in [3.63, 3.8) is 0 Å². The summed E-state index contributed by atoms with van der Waals surface area (Å²) in [4.78, 5) is 4.43. The van der Waals surface area contributed by atoms with Crippen LogP contribution in [0.5, 0.6) is 0 Å². The summed E-state index contributed by atoms with van der Waals surface area (Å²) in [5.41, 5.74) is 1.16. The topological polar surface area (TPSA) is 68.3 Å². The number of nitrogens with zero attached hydrogens (tertiary/aromatic N) is 1. The molecule has 2 atom stereocenters. The molecule has 0 aliphatic carbocycles. The van der Waals surface area contributed by atoms with Crippen molar-refractivity contribution in [3.05, 3.63) is 54.2 Å². The highest BCUT2D eigenvalue weighted by molar-refractivity contribution is 7.90. The highest BCUT2D eigenvalue weighted by atomic mass is 32.2. The van der Waals surface area contributed by atoms with E-state index in [1.54, 1.807) is 18.3 Å². The van der Waals surface area contributed by atoms with Gasteiger partial charge in [0.15, 0.2) is 9.84 Å². The van der Waals surface area contributed by atoms with Crippen molar-refractivity contribution in [3.8, 4) is 0 Å². The summed E-state index contributed by atoms with van der Waals surface area (Å²) in [6.45, 7) is 1.38. The fourth-order valence-electron chi connectivity index (χ4n) is 3.11. The van der Waals surface area contributed by atoms with E-state index in [1.807, 2.05) is 18.2 Å². The Morgan fingerprint density at radius 2 is 2.00 bits per heavy atom. The quantitative estimate of drug-likeness (QED) is 0.901. The summed E-state index contributed by atoms with van der Waals surface area (Å²) in [7, 11) is -3.31. The van der Waals surface area contributed by atoms with Crippen molar-refractivity contribution in [2.24, 2.45) is 5.92 Å². The minimum Gasteiger partial charge on any atom is -0.373 e. The van der Waals surface area contributed by atoms with Gasteiger partial charge in [0.25, 0.3) is 0 Å². The number of hydrogen-bond donors (Lipinski definition) is 1. The molecule has 128 valence electrons. The maximum Gasteiger partial charge on any atom is 0.179 e. The van der Waals surface area contributed by atoms with Crippen molar-refractivity contribution in [2.45, 2.75) is 23.8 Å². The Labute approximate surface area is 143 Å². The molecule has 0 saturated carbocycles. The van der Waals surface area contributed by atoms with E-state index in [0.29, 0.717) is 12.4 Å². The third-order valence-corrected chi connectivity index (χ3v) is 5.40. The van der Waals surface area contributed by atoms with Gasteiger partial charge in [-0.25, -0.2) is 13.4 Å². The largest absolute Gasteiger partial charge is 0.373 e. The van der Waals surface area contributed by atoms with Crippen LogP contribution in [0.15, 0.2) is 53.6 Å². The second kappa shape index (κ2) is 7.32. The number of nitrogens with one attached hydrogen (secondary N) is 1. The Morgan fingerprint density at radius 3 is 2.75 bits per heavy atom. The van der Waals surface area contributed by atoms with Crippen LogP contribution in [0.3, 0.4) is 0 Å². The van der Waals surface area contributed by atoms with Gasteiger partial charge in [-0.15, -0.1) is 0 Å². The van der Waals surface area contributed by atoms with Crippen molar-refractivity contribution >= 4 is 15.7 Å². The summed E-state index contributed by atoms with van der Waals surface area (Å²) < 4.78 is 29.8. The molecule has 2 aromatic rings. The molecule has 1 aliphatic heterocycles. The maximum atomic E-state index is 11.9. The molecule has 1 aromatic heterocycles. The average molecular weight is 346 g/mol. The average Bonchev–Trinajstić information content (AvgIpc) is 2.60. The van der Waals surface area contributed by atoms with Gasteiger partial charge < -0.3 is 10.1 Å². The van der Waals surface area contributed by atoms with E-state index in [0.717, 1.165) is 25.0 Å². The normalized spacial score (nSPS) is 21.4. The minimum atomic E-state index is -3.31. The molecule has 2 heterocycles. The monoisotopic (exact) mass is 346 g/mol. The molecule has 1 saturated heterocycles. The lowest BCUT2D eigenvalue weighted by atomic mass is 9.89. The van der Waals surface area contributed by atoms with Gasteiger partial charge in [-0.1, -0.05) is 30.3 Å². The van der Waals surface area contributed by atoms with Gasteiger partial charge in [-0.2, -0.15) is 0 Å². The van der Waals surface area contributed by atoms with E-state index in [2.05, 4.69) is 22.4 Å². The Morgan fingerprint density at radius 1 is 1.21 bits per heavy atom. The predicted molar refractivity (Wildman–Crippen MR) is 93.7 cm³/mol. The molecule has 0 bridgehead atoms. The van der Waals surface area contributed by atoms with Crippen molar-refractivity contribution in [1.29, 1.82) is 0 Å². The second-order valence-corrected chi connectivity index (χ2v) is 8.09. The standard InChI is InChI=1S/C18H22N2O3S/c1-24(21,22)16-10-5-11-19-18(16)20-13-15-9-6-12-23-17(15)14-7-3-2-4-8-14/h2-5,7-8,10-11,15,17H,6,9,12-13H2,1H3,(H,19,20). The zero-order chi connectivity index (χ0) is 17.0. The summed E-state index contributed by atoms with van der Waals surface area (Å²) >= 11 is 0. The highest BCUT2D eigenvalue weighted by Gasteiger charge is 2.27. The fraction of sp³-hybridized carbons (Fsp3) is 0.389. The van der Waals surface area contributed by atoms with Crippen LogP contribution >= 0.6 is 0 Å². The zero-order valence-corrected chi connectivity index (χ0v) is 14.5. The molecule has 0 radical (unpaired) electrons. The van der Waals surface area contributed by atoms with Crippen molar-refractivity contribution in [1.82, 2.24) is 4.98 Å². The summed E-state index contributed by atoms with van der Waals surface area (Å²) in [5.74, 6) is 0.688. The first-order valence-electron chi connectivity index (χ1n) is 8.11. The fourth-order valence-corrected chi connectivity index (χ4v) is 3.92. The van der Waals surface area contributed by atoms with Gasteiger partial charge in [0.2, 0.25) is 0 Å². The van der Waals surface area contributed by atoms with Crippen LogP contribution in [-0.4, -0.2) is 32.8 Å². The SMILES string of the molecule is CS(=O)(=O)c1cccnc1NCC1CCCOC1c1ccccc1. The van der Waals surface area contributed by atoms with E-state index in [-0.39, 0.29) is 16.9 Å². The number of pyridine rings is 1. The molecule has 1 N–H and O–H groups in total. The van der Waals surface area contributed by atoms with E-state index in [1.165, 1.54) is 6.26 Å². The van der Waals surface area contributed by atoms with Crippen molar-refractivity contribution < 1.29 is 13.2 Å². The van der Waals surface area contributed by atoms with E-state index >= 15 is 0 Å². The minimum absolute atomic E-state index is 0.0258. The summed E-state index contributed by atoms with van der Waals surface area (Å²) in [5, 5.41) is 3.22. The molecule has 6 heteroatoms. The molecule has 3 rings (SSSR count). The number of ether oxygens (including phenoxy) is 1. The number of hydrogen-bond acceptors (Lipinski definition) is 5. The lowest BCUT2D eigenvalue weighted by Gasteiger charge is -2.32. The van der Waals surface area contributed by atoms with Crippen molar-refractivity contribution in [2.75, 3.05) is 24.7 Å². The molecule has 24 heavy (non-hydrogen) atoms. The molecule has 1 aromatic carbocycles. The lowest BCUT2D eigenvalue weighted by Crippen LogP contribution is -2.28. The van der Waals surface area contributed by atoms with Gasteiger partial charge >= 0.3 is 0 Å². The third-order valence-electron chi connectivity index (χ3n) is 4.27. The Hall–Kier alpha value is -1.92. The first-order valence-corrected chi connectivity index (χ1v) is 10.0. The number of anilines is 1. The van der Waals surface area contributed by atoms with Gasteiger partial charge in [0, 0.05) is 31.5 Å². The van der Waals surface area contributed by atoms with E-state index < -0.39 is 9.84 Å². The number of benzene rings is 1. The molecule has 1 aliphatic rings. The predicted octanol–water partition coefficient (Wildman–Crippen LogP) is 3.06. The van der Waals surface area contributed by atoms with Crippen LogP contribution in [0, 0.1) is 5.92 Å². The molecule has 0 amide bonds. The lowest BCUT2D eigenvalue weighted by molar-refractivity contribution is -0.0238. The van der Waals surface area contributed by atoms with Gasteiger partial charge in [-0.05, 0) is 30.5 Å². The van der Waals surface area contributed by atoms with Crippen LogP contribution in [0.1, 0.15) is 24.5 Å². The highest BCUT2D eigenvalue weighted by Crippen LogP contribution is 2.34. The molecule has 2 unspecified atom stereocenters. The van der Waals surface area contributed by atoms with Crippen LogP contribution in [0.25, 0.3) is 0 Å². The zero-order valence-electron chi connectivity index (χ0n) is 13.7. The van der Waals surface area contributed by atoms with E-state index in [9.17, 15) is 8.42 Å². The Bertz CT molecular complexity index is 778. The number of aromatic nitrogens is 1. The first kappa shape index (κ1) is 16.9. The van der Waals surface area contributed by atoms with Gasteiger partial charge in [0.05, 0.1) is 6.10 Å². The third kappa shape index (κ3) is 3.94. The van der Waals surface area contributed by atoms with E-state index in [4.69, 9.17) is 4.74 Å². The molecule has 1 fully saturated rings. The Kier molecular flexibility index (Phi) is 5.16. The molecular formula is C18H22N2O3S. The smallest absolute Gasteiger partial charge is 0.179 e. The van der Waals surface area contributed by atoms with Crippen LogP contribution in [-0.2, 0) is 14.6 Å². The molecule has 0 spiro atoms. The second-order valence-electron chi connectivity index (χ2n) is 6.11. The van der Waals surface area contributed by atoms with Crippen LogP contribution in [0.2, 0.25) is 0 Å². The maximum absolute atomic E-state index is 11.9. The number of rotatable bonds is 5. The summed E-state index contributed by atoms with van der Waals surface area (Å²) in [6, 6.07) is 13.4. The molecular weight excluding hydrogens is 324 g/mol. The van der Waals surface area contributed by atoms with Crippen LogP contribution < -0.4 is 5.32 Å². The number of sulfone groups is 1. The first-order chi connectivity index (χ1) is 11.6. The molecule has 5 nitrogen and oxygen atoms in total. The Balaban J connectivity index is 1.76. The summed E-state index contributed by atoms with van der Waals surface area (Å²) in [6.07, 6.45) is 4.87.